The summed E-state index contributed by atoms with van der Waals surface area (Å²) in [4.78, 5) is 0. The maximum Gasteiger partial charge on any atom is 0.0410 e. The third-order valence-electron chi connectivity index (χ3n) is 2.04. The van der Waals surface area contributed by atoms with Gasteiger partial charge in [-0.1, -0.05) is 11.6 Å². The van der Waals surface area contributed by atoms with E-state index in [1.165, 1.54) is 12.8 Å². The molecule has 0 amide bonds. The number of allylic oxidation sites excluding steroid dienone is 1. The van der Waals surface area contributed by atoms with Crippen LogP contribution in [0.3, 0.4) is 0 Å². The molecule has 0 aromatic heterocycles. The van der Waals surface area contributed by atoms with Gasteiger partial charge in [0.1, 0.15) is 0 Å². The van der Waals surface area contributed by atoms with Crippen molar-refractivity contribution in [2.75, 3.05) is 0 Å². The summed E-state index contributed by atoms with van der Waals surface area (Å²) in [6.07, 6.45) is 5.04. The molecule has 1 heterocycles. The van der Waals surface area contributed by atoms with E-state index in [0.29, 0.717) is 0 Å². The third kappa shape index (κ3) is 0.583. The summed E-state index contributed by atoms with van der Waals surface area (Å²) >= 11 is 0. The largest absolute Gasteiger partial charge is 0.304 e. The van der Waals surface area contributed by atoms with Crippen LogP contribution in [-0.2, 0) is 0 Å². The Labute approximate surface area is 49.8 Å². The van der Waals surface area contributed by atoms with Gasteiger partial charge in [0.2, 0.25) is 0 Å². The zero-order valence-electron chi connectivity index (χ0n) is 5.15. The van der Waals surface area contributed by atoms with Crippen LogP contribution in [0.25, 0.3) is 0 Å². The number of nitrogens with one attached hydrogen (secondary N) is 1. The van der Waals surface area contributed by atoms with Gasteiger partial charge < -0.3 is 5.32 Å². The average molecular weight is 109 g/mol. The number of hydrogen-bond acceptors (Lipinski definition) is 1. The minimum Gasteiger partial charge on any atom is -0.304 e. The second-order valence-electron chi connectivity index (χ2n) is 2.85. The van der Waals surface area contributed by atoms with Crippen molar-refractivity contribution in [2.24, 2.45) is 0 Å². The zero-order valence-corrected chi connectivity index (χ0v) is 5.15. The number of hydrogen-bond donors (Lipinski definition) is 1. The van der Waals surface area contributed by atoms with Crippen LogP contribution in [0.4, 0.5) is 0 Å². The first-order valence-corrected chi connectivity index (χ1v) is 3.29. The fourth-order valence-electron chi connectivity index (χ4n) is 1.39. The SMILES string of the molecule is CC1=CC2NC2CC1. The Balaban J connectivity index is 2.15. The maximum absolute atomic E-state index is 3.38. The van der Waals surface area contributed by atoms with Gasteiger partial charge in [0, 0.05) is 12.1 Å². The fourth-order valence-corrected chi connectivity index (χ4v) is 1.39. The molecule has 2 aliphatic rings. The van der Waals surface area contributed by atoms with Crippen molar-refractivity contribution in [3.63, 3.8) is 0 Å². The molecule has 0 saturated carbocycles. The summed E-state index contributed by atoms with van der Waals surface area (Å²) in [5.41, 5.74) is 1.57. The van der Waals surface area contributed by atoms with E-state index in [2.05, 4.69) is 18.3 Å². The molecule has 1 nitrogen and oxygen atoms in total. The average Bonchev–Trinajstić information content (AvgIpc) is 2.43. The highest BCUT2D eigenvalue weighted by Crippen LogP contribution is 2.26. The summed E-state index contributed by atoms with van der Waals surface area (Å²) in [5, 5.41) is 3.38. The second kappa shape index (κ2) is 1.35. The van der Waals surface area contributed by atoms with E-state index in [4.69, 9.17) is 0 Å². The second-order valence-corrected chi connectivity index (χ2v) is 2.85. The van der Waals surface area contributed by atoms with E-state index in [1.54, 1.807) is 5.57 Å². The van der Waals surface area contributed by atoms with E-state index in [1.807, 2.05) is 0 Å². The lowest BCUT2D eigenvalue weighted by molar-refractivity contribution is 0.762. The van der Waals surface area contributed by atoms with Gasteiger partial charge in [-0.15, -0.1) is 0 Å². The highest BCUT2D eigenvalue weighted by molar-refractivity contribution is 5.20. The molecule has 1 N–H and O–H groups in total. The van der Waals surface area contributed by atoms with Crippen LogP contribution in [0.1, 0.15) is 19.8 Å². The van der Waals surface area contributed by atoms with Gasteiger partial charge in [-0.3, -0.25) is 0 Å². The summed E-state index contributed by atoms with van der Waals surface area (Å²) in [6.45, 7) is 2.22. The Morgan fingerprint density at radius 2 is 2.62 bits per heavy atom. The third-order valence-corrected chi connectivity index (χ3v) is 2.04. The standard InChI is InChI=1S/C7H11N/c1-5-2-3-6-7(4-5)8-6/h4,6-8H,2-3H2,1H3. The molecule has 1 saturated heterocycles. The van der Waals surface area contributed by atoms with E-state index >= 15 is 0 Å². The summed E-state index contributed by atoms with van der Waals surface area (Å²) in [7, 11) is 0. The normalized spacial score (nSPS) is 42.9. The molecule has 2 unspecified atom stereocenters. The van der Waals surface area contributed by atoms with Crippen LogP contribution >= 0.6 is 0 Å². The molecule has 0 aromatic rings. The van der Waals surface area contributed by atoms with Crippen molar-refractivity contribution in [2.45, 2.75) is 31.8 Å². The molecule has 0 aromatic carbocycles. The van der Waals surface area contributed by atoms with Crippen molar-refractivity contribution in [3.8, 4) is 0 Å². The first kappa shape index (κ1) is 4.57. The molecular weight excluding hydrogens is 98.1 g/mol. The summed E-state index contributed by atoms with van der Waals surface area (Å²) in [5.74, 6) is 0. The van der Waals surface area contributed by atoms with E-state index in [-0.39, 0.29) is 0 Å². The lowest BCUT2D eigenvalue weighted by atomic mass is 10.0. The lowest BCUT2D eigenvalue weighted by Crippen LogP contribution is -1.98. The van der Waals surface area contributed by atoms with Gasteiger partial charge in [0.25, 0.3) is 0 Å². The molecule has 1 fully saturated rings. The van der Waals surface area contributed by atoms with Crippen LogP contribution in [0.15, 0.2) is 11.6 Å². The van der Waals surface area contributed by atoms with Crippen LogP contribution < -0.4 is 5.32 Å². The smallest absolute Gasteiger partial charge is 0.0410 e. The van der Waals surface area contributed by atoms with E-state index < -0.39 is 0 Å². The highest BCUT2D eigenvalue weighted by Gasteiger charge is 2.35. The zero-order chi connectivity index (χ0) is 5.56. The minimum atomic E-state index is 0.767. The monoisotopic (exact) mass is 109 g/mol. The predicted molar refractivity (Wildman–Crippen MR) is 33.7 cm³/mol. The molecule has 2 atom stereocenters. The summed E-state index contributed by atoms with van der Waals surface area (Å²) in [6, 6.07) is 1.63. The van der Waals surface area contributed by atoms with E-state index in [9.17, 15) is 0 Å². The Kier molecular flexibility index (Phi) is 0.770. The van der Waals surface area contributed by atoms with Gasteiger partial charge >= 0.3 is 0 Å². The molecule has 44 valence electrons. The lowest BCUT2D eigenvalue weighted by Gasteiger charge is -2.02. The van der Waals surface area contributed by atoms with E-state index in [0.717, 1.165) is 12.1 Å². The predicted octanol–water partition coefficient (Wildman–Crippen LogP) is 1.07. The van der Waals surface area contributed by atoms with Gasteiger partial charge in [-0.05, 0) is 19.8 Å². The summed E-state index contributed by atoms with van der Waals surface area (Å²) < 4.78 is 0. The molecule has 1 aliphatic heterocycles. The number of fused-ring (bicyclic) bond motifs is 1. The van der Waals surface area contributed by atoms with Crippen molar-refractivity contribution >= 4 is 0 Å². The topological polar surface area (TPSA) is 21.9 Å². The quantitative estimate of drug-likeness (QED) is 0.364. The Morgan fingerprint density at radius 1 is 1.75 bits per heavy atom. The Hall–Kier alpha value is -0.300. The first-order valence-electron chi connectivity index (χ1n) is 3.29. The van der Waals surface area contributed by atoms with Gasteiger partial charge in [0.15, 0.2) is 0 Å². The molecule has 0 spiro atoms. The molecule has 0 radical (unpaired) electrons. The first-order chi connectivity index (χ1) is 3.86. The van der Waals surface area contributed by atoms with Crippen LogP contribution in [0.5, 0.6) is 0 Å². The molecular formula is C7H11N. The molecule has 8 heavy (non-hydrogen) atoms. The van der Waals surface area contributed by atoms with Crippen molar-refractivity contribution in [1.82, 2.24) is 5.32 Å². The van der Waals surface area contributed by atoms with Crippen molar-refractivity contribution in [3.05, 3.63) is 11.6 Å². The van der Waals surface area contributed by atoms with Crippen molar-refractivity contribution in [1.29, 1.82) is 0 Å². The van der Waals surface area contributed by atoms with Gasteiger partial charge in [0.05, 0.1) is 0 Å². The Morgan fingerprint density at radius 3 is 3.25 bits per heavy atom. The molecule has 1 aliphatic carbocycles. The Bertz CT molecular complexity index is 137. The molecule has 2 rings (SSSR count). The minimum absolute atomic E-state index is 0.767. The van der Waals surface area contributed by atoms with Crippen LogP contribution in [0.2, 0.25) is 0 Å². The van der Waals surface area contributed by atoms with Gasteiger partial charge in [-0.2, -0.15) is 0 Å². The maximum atomic E-state index is 3.38. The van der Waals surface area contributed by atoms with Gasteiger partial charge in [-0.25, -0.2) is 0 Å². The van der Waals surface area contributed by atoms with Crippen LogP contribution in [-0.4, -0.2) is 12.1 Å². The highest BCUT2D eigenvalue weighted by atomic mass is 15.1. The van der Waals surface area contributed by atoms with Crippen molar-refractivity contribution < 1.29 is 0 Å². The fraction of sp³-hybridized carbons (Fsp3) is 0.714. The molecule has 0 bridgehead atoms. The van der Waals surface area contributed by atoms with Crippen LogP contribution in [0, 0.1) is 0 Å². The molecule has 1 heteroatoms. The number of rotatable bonds is 0.